The van der Waals surface area contributed by atoms with E-state index in [4.69, 9.17) is 4.74 Å². The van der Waals surface area contributed by atoms with E-state index < -0.39 is 21.7 Å². The number of nitrogens with zero attached hydrogens (tertiary/aromatic N) is 1. The van der Waals surface area contributed by atoms with Crippen LogP contribution in [0.15, 0.2) is 48.7 Å². The molecule has 1 heterocycles. The van der Waals surface area contributed by atoms with Crippen LogP contribution < -0.4 is 14.8 Å². The Kier molecular flexibility index (Phi) is 7.81. The summed E-state index contributed by atoms with van der Waals surface area (Å²) in [6.07, 6.45) is 5.27. The Morgan fingerprint density at radius 3 is 2.57 bits per heavy atom. The summed E-state index contributed by atoms with van der Waals surface area (Å²) in [6, 6.07) is 13.2. The smallest absolute Gasteiger partial charge is 0.236 e. The quantitative estimate of drug-likeness (QED) is 0.636. The van der Waals surface area contributed by atoms with Crippen molar-refractivity contribution < 1.29 is 17.9 Å². The highest BCUT2D eigenvalue weighted by molar-refractivity contribution is 7.90. The van der Waals surface area contributed by atoms with Crippen molar-refractivity contribution in [2.75, 3.05) is 5.75 Å². The van der Waals surface area contributed by atoms with Gasteiger partial charge in [-0.2, -0.15) is 0 Å². The van der Waals surface area contributed by atoms with Crippen molar-refractivity contribution in [3.8, 4) is 5.88 Å². The molecular formula is C22H29N3O4S. The highest BCUT2D eigenvalue weighted by Gasteiger charge is 2.24. The molecule has 1 aromatic heterocycles. The number of aromatic nitrogens is 1. The molecule has 1 fully saturated rings. The first-order chi connectivity index (χ1) is 14.4. The SMILES string of the molecule is CC1CCC(NS(=O)(=O)CC(=O)NCc2ccnc(OCc3ccccc3)c2)CC1. The summed E-state index contributed by atoms with van der Waals surface area (Å²) >= 11 is 0. The molecule has 1 aliphatic rings. The fourth-order valence-corrected chi connectivity index (χ4v) is 4.74. The highest BCUT2D eigenvalue weighted by Crippen LogP contribution is 2.23. The molecule has 1 aromatic carbocycles. The molecule has 8 heteroatoms. The lowest BCUT2D eigenvalue weighted by molar-refractivity contribution is -0.118. The molecule has 7 nitrogen and oxygen atoms in total. The summed E-state index contributed by atoms with van der Waals surface area (Å²) in [4.78, 5) is 16.3. The van der Waals surface area contributed by atoms with Gasteiger partial charge in [0.05, 0.1) is 0 Å². The predicted molar refractivity (Wildman–Crippen MR) is 115 cm³/mol. The van der Waals surface area contributed by atoms with Crippen LogP contribution in [0.1, 0.15) is 43.7 Å². The maximum absolute atomic E-state index is 12.3. The Morgan fingerprint density at radius 2 is 1.83 bits per heavy atom. The molecule has 0 spiro atoms. The molecule has 2 aromatic rings. The van der Waals surface area contributed by atoms with Gasteiger partial charge < -0.3 is 10.1 Å². The molecule has 0 atom stereocenters. The van der Waals surface area contributed by atoms with E-state index in [0.29, 0.717) is 18.4 Å². The van der Waals surface area contributed by atoms with Crippen LogP contribution in [0.5, 0.6) is 5.88 Å². The van der Waals surface area contributed by atoms with Gasteiger partial charge in [-0.15, -0.1) is 0 Å². The van der Waals surface area contributed by atoms with Gasteiger partial charge in [0.15, 0.2) is 0 Å². The molecule has 2 N–H and O–H groups in total. The number of benzene rings is 1. The summed E-state index contributed by atoms with van der Waals surface area (Å²) in [6.45, 7) is 2.78. The molecule has 3 rings (SSSR count). The maximum Gasteiger partial charge on any atom is 0.236 e. The van der Waals surface area contributed by atoms with Crippen LogP contribution in [0.3, 0.4) is 0 Å². The van der Waals surface area contributed by atoms with E-state index in [1.54, 1.807) is 18.3 Å². The van der Waals surface area contributed by atoms with Gasteiger partial charge in [-0.25, -0.2) is 18.1 Å². The van der Waals surface area contributed by atoms with Gasteiger partial charge in [0.1, 0.15) is 12.4 Å². The zero-order valence-corrected chi connectivity index (χ0v) is 18.0. The lowest BCUT2D eigenvalue weighted by atomic mass is 9.88. The number of rotatable bonds is 9. The van der Waals surface area contributed by atoms with Crippen LogP contribution in [0, 0.1) is 5.92 Å². The van der Waals surface area contributed by atoms with E-state index >= 15 is 0 Å². The fourth-order valence-electron chi connectivity index (χ4n) is 3.47. The Bertz CT molecular complexity index is 926. The third-order valence-corrected chi connectivity index (χ3v) is 6.54. The molecule has 1 aliphatic carbocycles. The fraction of sp³-hybridized carbons (Fsp3) is 0.455. The first kappa shape index (κ1) is 22.2. The van der Waals surface area contributed by atoms with Crippen molar-refractivity contribution in [3.05, 3.63) is 59.8 Å². The first-order valence-corrected chi connectivity index (χ1v) is 11.9. The Balaban J connectivity index is 1.44. The molecule has 162 valence electrons. The summed E-state index contributed by atoms with van der Waals surface area (Å²) in [5.41, 5.74) is 1.82. The van der Waals surface area contributed by atoms with Crippen LogP contribution in [-0.2, 0) is 28.0 Å². The minimum atomic E-state index is -3.65. The van der Waals surface area contributed by atoms with Crippen molar-refractivity contribution in [1.82, 2.24) is 15.0 Å². The number of nitrogens with one attached hydrogen (secondary N) is 2. The van der Waals surface area contributed by atoms with Crippen LogP contribution in [0.25, 0.3) is 0 Å². The summed E-state index contributed by atoms with van der Waals surface area (Å²) in [5, 5.41) is 2.66. The number of hydrogen-bond acceptors (Lipinski definition) is 5. The van der Waals surface area contributed by atoms with Crippen LogP contribution in [0.4, 0.5) is 0 Å². The number of amides is 1. The average molecular weight is 432 g/mol. The number of carbonyl (C=O) groups is 1. The Hall–Kier alpha value is -2.45. The van der Waals surface area contributed by atoms with Crippen LogP contribution in [0.2, 0.25) is 0 Å². The molecule has 0 saturated heterocycles. The highest BCUT2D eigenvalue weighted by atomic mass is 32.2. The predicted octanol–water partition coefficient (Wildman–Crippen LogP) is 2.77. The molecule has 0 aliphatic heterocycles. The van der Waals surface area contributed by atoms with E-state index in [1.165, 1.54) is 0 Å². The van der Waals surface area contributed by atoms with E-state index in [9.17, 15) is 13.2 Å². The van der Waals surface area contributed by atoms with Gasteiger partial charge in [0.25, 0.3) is 0 Å². The molecule has 0 bridgehead atoms. The summed E-state index contributed by atoms with van der Waals surface area (Å²) in [5.74, 6) is -0.0146. The molecule has 1 amide bonds. The summed E-state index contributed by atoms with van der Waals surface area (Å²) < 4.78 is 32.9. The zero-order valence-electron chi connectivity index (χ0n) is 17.2. The normalized spacial score (nSPS) is 19.2. The maximum atomic E-state index is 12.3. The average Bonchev–Trinajstić information content (AvgIpc) is 2.73. The standard InChI is InChI=1S/C22H29N3O4S/c1-17-7-9-20(10-8-17)25-30(27,28)16-21(26)24-14-19-11-12-23-22(13-19)29-15-18-5-3-2-4-6-18/h2-6,11-13,17,20,25H,7-10,14-16H2,1H3,(H,24,26). The summed E-state index contributed by atoms with van der Waals surface area (Å²) in [7, 11) is -3.65. The second-order valence-corrected chi connectivity index (χ2v) is 9.64. The third kappa shape index (κ3) is 7.42. The van der Waals surface area contributed by atoms with Gasteiger partial charge in [-0.05, 0) is 48.8 Å². The minimum absolute atomic E-state index is 0.0662. The van der Waals surface area contributed by atoms with Crippen LogP contribution >= 0.6 is 0 Å². The first-order valence-electron chi connectivity index (χ1n) is 10.3. The van der Waals surface area contributed by atoms with Gasteiger partial charge in [-0.3, -0.25) is 4.79 Å². The molecule has 0 unspecified atom stereocenters. The largest absolute Gasteiger partial charge is 0.473 e. The zero-order chi connectivity index (χ0) is 21.4. The molecule has 1 saturated carbocycles. The van der Waals surface area contributed by atoms with Gasteiger partial charge in [0.2, 0.25) is 21.8 Å². The Labute approximate surface area is 178 Å². The lowest BCUT2D eigenvalue weighted by Gasteiger charge is -2.26. The van der Waals surface area contributed by atoms with E-state index in [0.717, 1.165) is 36.8 Å². The number of ether oxygens (including phenoxy) is 1. The monoisotopic (exact) mass is 431 g/mol. The molecule has 30 heavy (non-hydrogen) atoms. The number of pyridine rings is 1. The number of carbonyl (C=O) groups excluding carboxylic acids is 1. The van der Waals surface area contributed by atoms with Crippen molar-refractivity contribution in [1.29, 1.82) is 0 Å². The molecular weight excluding hydrogens is 402 g/mol. The Morgan fingerprint density at radius 1 is 1.10 bits per heavy atom. The van der Waals surface area contributed by atoms with Crippen molar-refractivity contribution in [3.63, 3.8) is 0 Å². The van der Waals surface area contributed by atoms with Gasteiger partial charge in [-0.1, -0.05) is 37.3 Å². The number of hydrogen-bond donors (Lipinski definition) is 2. The van der Waals surface area contributed by atoms with Crippen molar-refractivity contribution in [2.45, 2.75) is 51.8 Å². The van der Waals surface area contributed by atoms with Crippen LogP contribution in [-0.4, -0.2) is 31.1 Å². The van der Waals surface area contributed by atoms with E-state index in [1.807, 2.05) is 30.3 Å². The number of sulfonamides is 1. The minimum Gasteiger partial charge on any atom is -0.473 e. The second kappa shape index (κ2) is 10.5. The van der Waals surface area contributed by atoms with Crippen molar-refractivity contribution >= 4 is 15.9 Å². The van der Waals surface area contributed by atoms with Crippen molar-refractivity contribution in [2.24, 2.45) is 5.92 Å². The van der Waals surface area contributed by atoms with Gasteiger partial charge >= 0.3 is 0 Å². The van der Waals surface area contributed by atoms with E-state index in [2.05, 4.69) is 21.9 Å². The third-order valence-electron chi connectivity index (χ3n) is 5.20. The topological polar surface area (TPSA) is 97.4 Å². The van der Waals surface area contributed by atoms with Gasteiger partial charge in [0, 0.05) is 24.8 Å². The van der Waals surface area contributed by atoms with E-state index in [-0.39, 0.29) is 12.6 Å². The molecule has 0 radical (unpaired) electrons. The second-order valence-electron chi connectivity index (χ2n) is 7.89. The lowest BCUT2D eigenvalue weighted by Crippen LogP contribution is -2.42.